The third-order valence-corrected chi connectivity index (χ3v) is 3.93. The molecule has 1 aromatic heterocycles. The summed E-state index contributed by atoms with van der Waals surface area (Å²) >= 11 is 0. The Hall–Kier alpha value is -1.45. The Morgan fingerprint density at radius 1 is 1.18 bits per heavy atom. The standard InChI is InChI=1S/C13H19N3O/c1-16-7-10-11(8-16)15-13(17)12(14-10)9-5-3-2-4-6-9/h7-9,12,14H,2-6H2,1H3,(H,15,17). The molecular formula is C13H19N3O. The topological polar surface area (TPSA) is 46.1 Å². The molecule has 92 valence electrons. The van der Waals surface area contributed by atoms with Crippen molar-refractivity contribution in [2.45, 2.75) is 38.1 Å². The maximum Gasteiger partial charge on any atom is 0.247 e. The summed E-state index contributed by atoms with van der Waals surface area (Å²) in [5.41, 5.74) is 1.97. The van der Waals surface area contributed by atoms with Crippen molar-refractivity contribution in [2.24, 2.45) is 13.0 Å². The van der Waals surface area contributed by atoms with Crippen LogP contribution in [0, 0.1) is 5.92 Å². The monoisotopic (exact) mass is 233 g/mol. The summed E-state index contributed by atoms with van der Waals surface area (Å²) in [5.74, 6) is 0.632. The van der Waals surface area contributed by atoms with E-state index < -0.39 is 0 Å². The van der Waals surface area contributed by atoms with Gasteiger partial charge in [-0.1, -0.05) is 19.3 Å². The molecule has 0 saturated heterocycles. The van der Waals surface area contributed by atoms with Gasteiger partial charge in [-0.25, -0.2) is 0 Å². The van der Waals surface area contributed by atoms with E-state index in [1.54, 1.807) is 0 Å². The minimum Gasteiger partial charge on any atom is -0.371 e. The lowest BCUT2D eigenvalue weighted by molar-refractivity contribution is -0.118. The van der Waals surface area contributed by atoms with Gasteiger partial charge in [-0.2, -0.15) is 0 Å². The van der Waals surface area contributed by atoms with Crippen molar-refractivity contribution >= 4 is 17.3 Å². The van der Waals surface area contributed by atoms with Crippen LogP contribution in [-0.2, 0) is 11.8 Å². The number of aryl methyl sites for hydroxylation is 1. The predicted molar refractivity (Wildman–Crippen MR) is 68.0 cm³/mol. The number of fused-ring (bicyclic) bond motifs is 1. The molecule has 4 nitrogen and oxygen atoms in total. The molecule has 4 heteroatoms. The number of aromatic nitrogens is 1. The molecule has 17 heavy (non-hydrogen) atoms. The van der Waals surface area contributed by atoms with Crippen molar-refractivity contribution in [3.05, 3.63) is 12.4 Å². The zero-order valence-corrected chi connectivity index (χ0v) is 10.2. The summed E-state index contributed by atoms with van der Waals surface area (Å²) in [7, 11) is 1.97. The Labute approximate surface area is 101 Å². The van der Waals surface area contributed by atoms with E-state index in [1.165, 1.54) is 32.1 Å². The van der Waals surface area contributed by atoms with Crippen LogP contribution in [0.4, 0.5) is 11.4 Å². The van der Waals surface area contributed by atoms with Gasteiger partial charge in [0, 0.05) is 19.4 Å². The van der Waals surface area contributed by atoms with Crippen molar-refractivity contribution in [1.82, 2.24) is 4.57 Å². The van der Waals surface area contributed by atoms with E-state index in [0.29, 0.717) is 5.92 Å². The molecule has 0 spiro atoms. The summed E-state index contributed by atoms with van der Waals surface area (Å²) in [6, 6.07) is -0.0369. The molecule has 3 rings (SSSR count). The molecule has 1 aliphatic heterocycles. The minimum absolute atomic E-state index is 0.0369. The number of rotatable bonds is 1. The number of carbonyl (C=O) groups excluding carboxylic acids is 1. The van der Waals surface area contributed by atoms with Crippen molar-refractivity contribution in [3.8, 4) is 0 Å². The van der Waals surface area contributed by atoms with Gasteiger partial charge in [0.2, 0.25) is 5.91 Å². The summed E-state index contributed by atoms with van der Waals surface area (Å²) in [6.07, 6.45) is 10.2. The molecule has 2 aliphatic rings. The van der Waals surface area contributed by atoms with Crippen LogP contribution >= 0.6 is 0 Å². The largest absolute Gasteiger partial charge is 0.371 e. The first-order chi connectivity index (χ1) is 8.24. The van der Waals surface area contributed by atoms with Crippen LogP contribution in [0.2, 0.25) is 0 Å². The minimum atomic E-state index is -0.0369. The van der Waals surface area contributed by atoms with Crippen LogP contribution in [0.3, 0.4) is 0 Å². The van der Waals surface area contributed by atoms with E-state index in [-0.39, 0.29) is 11.9 Å². The van der Waals surface area contributed by atoms with E-state index >= 15 is 0 Å². The summed E-state index contributed by atoms with van der Waals surface area (Å²) in [4.78, 5) is 12.1. The zero-order valence-electron chi connectivity index (χ0n) is 10.2. The second kappa shape index (κ2) is 4.09. The molecule has 0 radical (unpaired) electrons. The quantitative estimate of drug-likeness (QED) is 0.782. The predicted octanol–water partition coefficient (Wildman–Crippen LogP) is 2.34. The van der Waals surface area contributed by atoms with Crippen LogP contribution in [0.15, 0.2) is 12.4 Å². The summed E-state index contributed by atoms with van der Waals surface area (Å²) < 4.78 is 1.97. The first kappa shape index (κ1) is 10.7. The van der Waals surface area contributed by atoms with Crippen LogP contribution in [0.25, 0.3) is 0 Å². The molecule has 2 N–H and O–H groups in total. The molecule has 2 heterocycles. The number of nitrogens with one attached hydrogen (secondary N) is 2. The van der Waals surface area contributed by atoms with Gasteiger partial charge in [-0.15, -0.1) is 0 Å². The molecule has 1 aliphatic carbocycles. The van der Waals surface area contributed by atoms with Gasteiger partial charge in [-0.05, 0) is 18.8 Å². The Morgan fingerprint density at radius 3 is 2.65 bits per heavy atom. The van der Waals surface area contributed by atoms with Gasteiger partial charge in [0.25, 0.3) is 0 Å². The highest BCUT2D eigenvalue weighted by molar-refractivity contribution is 6.03. The first-order valence-corrected chi connectivity index (χ1v) is 6.47. The first-order valence-electron chi connectivity index (χ1n) is 6.47. The Bertz CT molecular complexity index is 432. The van der Waals surface area contributed by atoms with Gasteiger partial charge in [0.1, 0.15) is 6.04 Å². The van der Waals surface area contributed by atoms with Gasteiger partial charge in [0.15, 0.2) is 0 Å². The van der Waals surface area contributed by atoms with Gasteiger partial charge < -0.3 is 15.2 Å². The number of amides is 1. The maximum atomic E-state index is 12.1. The highest BCUT2D eigenvalue weighted by atomic mass is 16.2. The second-order valence-electron chi connectivity index (χ2n) is 5.26. The number of nitrogens with zero attached hydrogens (tertiary/aromatic N) is 1. The number of carbonyl (C=O) groups is 1. The van der Waals surface area contributed by atoms with Gasteiger partial charge >= 0.3 is 0 Å². The van der Waals surface area contributed by atoms with Gasteiger partial charge in [0.05, 0.1) is 11.4 Å². The summed E-state index contributed by atoms with van der Waals surface area (Å²) in [6.45, 7) is 0. The van der Waals surface area contributed by atoms with Crippen molar-refractivity contribution in [2.75, 3.05) is 10.6 Å². The average molecular weight is 233 g/mol. The molecule has 1 amide bonds. The normalized spacial score (nSPS) is 25.0. The molecule has 1 aromatic rings. The zero-order chi connectivity index (χ0) is 11.8. The fraction of sp³-hybridized carbons (Fsp3) is 0.615. The SMILES string of the molecule is Cn1cc2c(c1)NC(C1CCCCC1)C(=O)N2. The van der Waals surface area contributed by atoms with Gasteiger partial charge in [-0.3, -0.25) is 4.79 Å². The molecule has 1 fully saturated rings. The fourth-order valence-corrected chi connectivity index (χ4v) is 3.04. The molecule has 1 atom stereocenters. The van der Waals surface area contributed by atoms with E-state index in [0.717, 1.165) is 11.4 Å². The Morgan fingerprint density at radius 2 is 1.88 bits per heavy atom. The smallest absolute Gasteiger partial charge is 0.247 e. The number of anilines is 2. The highest BCUT2D eigenvalue weighted by Crippen LogP contribution is 2.34. The lowest BCUT2D eigenvalue weighted by atomic mass is 9.83. The lowest BCUT2D eigenvalue weighted by Gasteiger charge is -2.33. The Balaban J connectivity index is 1.81. The van der Waals surface area contributed by atoms with Crippen molar-refractivity contribution in [1.29, 1.82) is 0 Å². The number of hydrogen-bond donors (Lipinski definition) is 2. The van der Waals surface area contributed by atoms with Crippen LogP contribution in [0.1, 0.15) is 32.1 Å². The van der Waals surface area contributed by atoms with E-state index in [4.69, 9.17) is 0 Å². The van der Waals surface area contributed by atoms with E-state index in [2.05, 4.69) is 10.6 Å². The van der Waals surface area contributed by atoms with Crippen LogP contribution in [-0.4, -0.2) is 16.5 Å². The number of hydrogen-bond acceptors (Lipinski definition) is 2. The third kappa shape index (κ3) is 1.92. The molecule has 1 saturated carbocycles. The summed E-state index contributed by atoms with van der Waals surface area (Å²) in [5, 5.41) is 6.41. The third-order valence-electron chi connectivity index (χ3n) is 3.93. The molecule has 0 bridgehead atoms. The highest BCUT2D eigenvalue weighted by Gasteiger charge is 2.33. The van der Waals surface area contributed by atoms with E-state index in [1.807, 2.05) is 24.0 Å². The fourth-order valence-electron chi connectivity index (χ4n) is 3.04. The molecular weight excluding hydrogens is 214 g/mol. The van der Waals surface area contributed by atoms with Crippen molar-refractivity contribution < 1.29 is 4.79 Å². The average Bonchev–Trinajstić information content (AvgIpc) is 2.68. The lowest BCUT2D eigenvalue weighted by Crippen LogP contribution is -2.44. The molecule has 0 aromatic carbocycles. The van der Waals surface area contributed by atoms with Crippen molar-refractivity contribution in [3.63, 3.8) is 0 Å². The maximum absolute atomic E-state index is 12.1. The second-order valence-corrected chi connectivity index (χ2v) is 5.26. The van der Waals surface area contributed by atoms with Crippen LogP contribution < -0.4 is 10.6 Å². The molecule has 1 unspecified atom stereocenters. The van der Waals surface area contributed by atoms with E-state index in [9.17, 15) is 4.79 Å². The van der Waals surface area contributed by atoms with Crippen LogP contribution in [0.5, 0.6) is 0 Å². The Kier molecular flexibility index (Phi) is 2.57.